The first-order valence-electron chi connectivity index (χ1n) is 4.95. The van der Waals surface area contributed by atoms with Crippen molar-refractivity contribution in [2.24, 2.45) is 0 Å². The van der Waals surface area contributed by atoms with Crippen molar-refractivity contribution in [3.05, 3.63) is 35.4 Å². The Hall–Kier alpha value is -1.61. The Balaban J connectivity index is 2.39. The van der Waals surface area contributed by atoms with Gasteiger partial charge < -0.3 is 5.32 Å². The van der Waals surface area contributed by atoms with Crippen LogP contribution in [0.1, 0.15) is 22.3 Å². The first kappa shape index (κ1) is 10.9. The second-order valence-electron chi connectivity index (χ2n) is 3.43. The minimum atomic E-state index is -0.562. The molecule has 1 amide bonds. The lowest BCUT2D eigenvalue weighted by Gasteiger charge is -2.00. The highest BCUT2D eigenvalue weighted by Crippen LogP contribution is 2.27. The number of hydrogen-bond acceptors (Lipinski definition) is 2. The molecular weight excluding hydrogens is 226 g/mol. The van der Waals surface area contributed by atoms with Gasteiger partial charge in [-0.2, -0.15) is 0 Å². The number of halogens is 1. The Morgan fingerprint density at radius 2 is 2.12 bits per heavy atom. The molecule has 0 radical (unpaired) electrons. The molecule has 4 heteroatoms. The highest BCUT2D eigenvalue weighted by atomic mass is 35.5. The standard InChI is InChI=1S/C12H10ClNO2/c13-7-2-1-4-8-5-3-6-9-10(8)11(15)12(16)14-9/h1,3-6H,2,7H2,(H,14,15,16). The number of Topliss-reactive ketones (excluding diaryl/α,β-unsaturated/α-hetero) is 1. The van der Waals surface area contributed by atoms with E-state index in [4.69, 9.17) is 11.6 Å². The van der Waals surface area contributed by atoms with Gasteiger partial charge in [0.2, 0.25) is 0 Å². The van der Waals surface area contributed by atoms with Crippen LogP contribution in [0.2, 0.25) is 0 Å². The molecule has 3 nitrogen and oxygen atoms in total. The topological polar surface area (TPSA) is 46.2 Å². The molecule has 0 atom stereocenters. The van der Waals surface area contributed by atoms with Gasteiger partial charge in [0.05, 0.1) is 11.3 Å². The maximum Gasteiger partial charge on any atom is 0.296 e. The van der Waals surface area contributed by atoms with Gasteiger partial charge in [-0.3, -0.25) is 9.59 Å². The molecule has 0 fully saturated rings. The lowest BCUT2D eigenvalue weighted by molar-refractivity contribution is -0.112. The predicted molar refractivity (Wildman–Crippen MR) is 63.8 cm³/mol. The molecule has 16 heavy (non-hydrogen) atoms. The number of carbonyl (C=O) groups is 2. The largest absolute Gasteiger partial charge is 0.318 e. The highest BCUT2D eigenvalue weighted by Gasteiger charge is 2.29. The van der Waals surface area contributed by atoms with E-state index in [1.807, 2.05) is 18.2 Å². The van der Waals surface area contributed by atoms with E-state index >= 15 is 0 Å². The van der Waals surface area contributed by atoms with Crippen molar-refractivity contribution in [1.82, 2.24) is 0 Å². The molecule has 0 spiro atoms. The van der Waals surface area contributed by atoms with E-state index in [9.17, 15) is 9.59 Å². The van der Waals surface area contributed by atoms with E-state index in [0.29, 0.717) is 17.1 Å². The molecule has 2 rings (SSSR count). The van der Waals surface area contributed by atoms with Gasteiger partial charge >= 0.3 is 0 Å². The summed E-state index contributed by atoms with van der Waals surface area (Å²) in [5, 5.41) is 2.53. The van der Waals surface area contributed by atoms with Crippen LogP contribution in [0.15, 0.2) is 24.3 Å². The summed E-state index contributed by atoms with van der Waals surface area (Å²) in [6.07, 6.45) is 4.44. The zero-order valence-electron chi connectivity index (χ0n) is 8.50. The molecule has 1 heterocycles. The van der Waals surface area contributed by atoms with E-state index in [1.165, 1.54) is 0 Å². The lowest BCUT2D eigenvalue weighted by atomic mass is 10.0. The van der Waals surface area contributed by atoms with E-state index in [1.54, 1.807) is 12.1 Å². The van der Waals surface area contributed by atoms with Crippen molar-refractivity contribution in [1.29, 1.82) is 0 Å². The number of hydrogen-bond donors (Lipinski definition) is 1. The average molecular weight is 236 g/mol. The van der Waals surface area contributed by atoms with Gasteiger partial charge in [0, 0.05) is 5.88 Å². The molecule has 1 aromatic carbocycles. The monoisotopic (exact) mass is 235 g/mol. The number of alkyl halides is 1. The number of anilines is 1. The first-order chi connectivity index (χ1) is 7.74. The number of nitrogens with one attached hydrogen (secondary N) is 1. The van der Waals surface area contributed by atoms with Crippen LogP contribution in [0.3, 0.4) is 0 Å². The van der Waals surface area contributed by atoms with E-state index in [2.05, 4.69) is 5.32 Å². The van der Waals surface area contributed by atoms with Crippen molar-refractivity contribution in [2.75, 3.05) is 11.2 Å². The van der Waals surface area contributed by atoms with Crippen LogP contribution in [-0.2, 0) is 4.79 Å². The number of allylic oxidation sites excluding steroid dienone is 1. The van der Waals surface area contributed by atoms with Crippen molar-refractivity contribution in [3.63, 3.8) is 0 Å². The quantitative estimate of drug-likeness (QED) is 0.646. The zero-order chi connectivity index (χ0) is 11.5. The van der Waals surface area contributed by atoms with Crippen molar-refractivity contribution < 1.29 is 9.59 Å². The second kappa shape index (κ2) is 4.49. The van der Waals surface area contributed by atoms with Crippen molar-refractivity contribution in [3.8, 4) is 0 Å². The molecule has 0 unspecified atom stereocenters. The third-order valence-electron chi connectivity index (χ3n) is 2.35. The van der Waals surface area contributed by atoms with Crippen LogP contribution in [0, 0.1) is 0 Å². The number of fused-ring (bicyclic) bond motifs is 1. The van der Waals surface area contributed by atoms with Gasteiger partial charge in [-0.1, -0.05) is 24.3 Å². The minimum Gasteiger partial charge on any atom is -0.318 e. The summed E-state index contributed by atoms with van der Waals surface area (Å²) in [5.41, 5.74) is 1.80. The molecular formula is C12H10ClNO2. The third kappa shape index (κ3) is 1.86. The smallest absolute Gasteiger partial charge is 0.296 e. The van der Waals surface area contributed by atoms with Gasteiger partial charge in [0.1, 0.15) is 0 Å². The van der Waals surface area contributed by atoms with Gasteiger partial charge in [-0.25, -0.2) is 0 Å². The van der Waals surface area contributed by atoms with Gasteiger partial charge in [0.15, 0.2) is 0 Å². The van der Waals surface area contributed by atoms with Crippen LogP contribution >= 0.6 is 11.6 Å². The number of rotatable bonds is 3. The highest BCUT2D eigenvalue weighted by molar-refractivity contribution is 6.52. The van der Waals surface area contributed by atoms with E-state index < -0.39 is 11.7 Å². The zero-order valence-corrected chi connectivity index (χ0v) is 9.25. The molecule has 1 N–H and O–H groups in total. The SMILES string of the molecule is O=C1Nc2cccc(C=CCCCl)c2C1=O. The molecule has 0 aliphatic carbocycles. The molecule has 1 aliphatic rings. The molecule has 0 bridgehead atoms. The summed E-state index contributed by atoms with van der Waals surface area (Å²) in [6.45, 7) is 0. The number of amides is 1. The molecule has 1 aromatic rings. The van der Waals surface area contributed by atoms with Gasteiger partial charge in [0.25, 0.3) is 11.7 Å². The summed E-state index contributed by atoms with van der Waals surface area (Å²) in [5.74, 6) is -0.495. The van der Waals surface area contributed by atoms with E-state index in [0.717, 1.165) is 12.0 Å². The van der Waals surface area contributed by atoms with Gasteiger partial charge in [-0.15, -0.1) is 11.6 Å². The van der Waals surface area contributed by atoms with E-state index in [-0.39, 0.29) is 0 Å². The first-order valence-corrected chi connectivity index (χ1v) is 5.48. The Morgan fingerprint density at radius 3 is 2.88 bits per heavy atom. The number of benzene rings is 1. The van der Waals surface area contributed by atoms with Gasteiger partial charge in [-0.05, 0) is 18.1 Å². The van der Waals surface area contributed by atoms with Crippen LogP contribution in [-0.4, -0.2) is 17.6 Å². The molecule has 0 saturated carbocycles. The maximum absolute atomic E-state index is 11.6. The fraction of sp³-hybridized carbons (Fsp3) is 0.167. The molecule has 1 aliphatic heterocycles. The van der Waals surface area contributed by atoms with Crippen LogP contribution in [0.25, 0.3) is 6.08 Å². The maximum atomic E-state index is 11.6. The fourth-order valence-electron chi connectivity index (χ4n) is 1.63. The number of ketones is 1. The summed E-state index contributed by atoms with van der Waals surface area (Å²) in [4.78, 5) is 22.8. The molecule has 82 valence electrons. The number of carbonyl (C=O) groups excluding carboxylic acids is 2. The average Bonchev–Trinajstić information content (AvgIpc) is 2.56. The lowest BCUT2D eigenvalue weighted by Crippen LogP contribution is -2.12. The van der Waals surface area contributed by atoms with Crippen molar-refractivity contribution >= 4 is 35.1 Å². The van der Waals surface area contributed by atoms with Crippen LogP contribution in [0.4, 0.5) is 5.69 Å². The predicted octanol–water partition coefficient (Wildman–Crippen LogP) is 2.46. The third-order valence-corrected chi connectivity index (χ3v) is 2.57. The Morgan fingerprint density at radius 1 is 1.31 bits per heavy atom. The van der Waals surface area contributed by atoms with Crippen LogP contribution in [0.5, 0.6) is 0 Å². The Labute approximate surface area is 98.1 Å². The molecule has 0 saturated heterocycles. The fourth-order valence-corrected chi connectivity index (χ4v) is 1.76. The minimum absolute atomic E-state index is 0.457. The second-order valence-corrected chi connectivity index (χ2v) is 3.81. The summed E-state index contributed by atoms with van der Waals surface area (Å²) in [7, 11) is 0. The summed E-state index contributed by atoms with van der Waals surface area (Å²) in [6, 6.07) is 5.33. The Bertz CT molecular complexity index is 480. The summed E-state index contributed by atoms with van der Waals surface area (Å²) < 4.78 is 0. The van der Waals surface area contributed by atoms with Crippen LogP contribution < -0.4 is 5.32 Å². The van der Waals surface area contributed by atoms with Crippen molar-refractivity contribution in [2.45, 2.75) is 6.42 Å². The normalized spacial score (nSPS) is 14.3. The Kier molecular flexibility index (Phi) is 3.06. The summed E-state index contributed by atoms with van der Waals surface area (Å²) >= 11 is 5.55. The molecule has 0 aromatic heterocycles.